The third-order valence-electron chi connectivity index (χ3n) is 4.94. The molecule has 0 unspecified atom stereocenters. The molecule has 0 aliphatic heterocycles. The number of rotatable bonds is 5. The van der Waals surface area contributed by atoms with E-state index in [9.17, 15) is 4.79 Å². The van der Waals surface area contributed by atoms with Gasteiger partial charge in [-0.3, -0.25) is 4.79 Å². The van der Waals surface area contributed by atoms with E-state index in [1.807, 2.05) is 61.0 Å². The Balaban J connectivity index is 1.28. The van der Waals surface area contributed by atoms with Crippen LogP contribution in [0.5, 0.6) is 5.88 Å². The Morgan fingerprint density at radius 1 is 1.11 bits per heavy atom. The van der Waals surface area contributed by atoms with E-state index in [1.54, 1.807) is 0 Å². The van der Waals surface area contributed by atoms with Gasteiger partial charge in [0.2, 0.25) is 5.88 Å². The number of benzene rings is 1. The van der Waals surface area contributed by atoms with E-state index < -0.39 is 0 Å². The monoisotopic (exact) mass is 393 g/mol. The molecule has 1 N–H and O–H groups in total. The van der Waals surface area contributed by atoms with Gasteiger partial charge in [-0.1, -0.05) is 36.4 Å². The van der Waals surface area contributed by atoms with Gasteiger partial charge in [0.15, 0.2) is 0 Å². The fraction of sp³-hybridized carbons (Fsp3) is 0.318. The number of thiazole rings is 1. The molecule has 28 heavy (non-hydrogen) atoms. The summed E-state index contributed by atoms with van der Waals surface area (Å²) in [5.74, 6) is 0.581. The van der Waals surface area contributed by atoms with Gasteiger partial charge in [0.25, 0.3) is 5.91 Å². The molecule has 0 bridgehead atoms. The van der Waals surface area contributed by atoms with E-state index >= 15 is 0 Å². The van der Waals surface area contributed by atoms with Crippen molar-refractivity contribution >= 4 is 17.2 Å². The first-order chi connectivity index (χ1) is 13.7. The minimum atomic E-state index is -0.0944. The summed E-state index contributed by atoms with van der Waals surface area (Å²) >= 11 is 1.50. The predicted molar refractivity (Wildman–Crippen MR) is 111 cm³/mol. The summed E-state index contributed by atoms with van der Waals surface area (Å²) in [6.07, 6.45) is 5.60. The Labute approximate surface area is 168 Å². The molecule has 2 aromatic heterocycles. The van der Waals surface area contributed by atoms with E-state index in [0.29, 0.717) is 11.6 Å². The SMILES string of the molecule is Cc1ccc(OC2CCC(NC(=O)c3csc(-c4ccccc4)n3)CC2)nc1. The van der Waals surface area contributed by atoms with Crippen LogP contribution in [0.4, 0.5) is 0 Å². The summed E-state index contributed by atoms with van der Waals surface area (Å²) in [4.78, 5) is 21.4. The summed E-state index contributed by atoms with van der Waals surface area (Å²) in [6, 6.07) is 14.0. The van der Waals surface area contributed by atoms with Crippen LogP contribution in [0.1, 0.15) is 41.7 Å². The van der Waals surface area contributed by atoms with E-state index in [0.717, 1.165) is 41.8 Å². The van der Waals surface area contributed by atoms with Crippen molar-refractivity contribution < 1.29 is 9.53 Å². The second-order valence-electron chi connectivity index (χ2n) is 7.14. The Morgan fingerprint density at radius 3 is 2.61 bits per heavy atom. The van der Waals surface area contributed by atoms with Crippen LogP contribution in [0.15, 0.2) is 54.0 Å². The van der Waals surface area contributed by atoms with Crippen molar-refractivity contribution in [3.8, 4) is 16.5 Å². The van der Waals surface area contributed by atoms with Gasteiger partial charge in [-0.15, -0.1) is 11.3 Å². The lowest BCUT2D eigenvalue weighted by Gasteiger charge is -2.29. The topological polar surface area (TPSA) is 64.1 Å². The van der Waals surface area contributed by atoms with Gasteiger partial charge in [0, 0.05) is 29.2 Å². The van der Waals surface area contributed by atoms with Crippen LogP contribution in [-0.4, -0.2) is 28.0 Å². The molecule has 1 aliphatic rings. The number of aryl methyl sites for hydroxylation is 1. The molecule has 1 aromatic carbocycles. The van der Waals surface area contributed by atoms with Gasteiger partial charge in [0.1, 0.15) is 16.8 Å². The van der Waals surface area contributed by atoms with Gasteiger partial charge >= 0.3 is 0 Å². The largest absolute Gasteiger partial charge is 0.474 e. The van der Waals surface area contributed by atoms with Crippen molar-refractivity contribution in [3.63, 3.8) is 0 Å². The molecular formula is C22H23N3O2S. The zero-order valence-corrected chi connectivity index (χ0v) is 16.6. The van der Waals surface area contributed by atoms with Gasteiger partial charge < -0.3 is 10.1 Å². The molecular weight excluding hydrogens is 370 g/mol. The smallest absolute Gasteiger partial charge is 0.270 e. The number of pyridine rings is 1. The first-order valence-corrected chi connectivity index (χ1v) is 10.5. The Bertz CT molecular complexity index is 916. The highest BCUT2D eigenvalue weighted by Crippen LogP contribution is 2.25. The highest BCUT2D eigenvalue weighted by molar-refractivity contribution is 7.13. The summed E-state index contributed by atoms with van der Waals surface area (Å²) in [5, 5.41) is 5.82. The minimum absolute atomic E-state index is 0.0944. The fourth-order valence-corrected chi connectivity index (χ4v) is 4.18. The molecule has 1 saturated carbocycles. The molecule has 0 spiro atoms. The highest BCUT2D eigenvalue weighted by Gasteiger charge is 2.25. The van der Waals surface area contributed by atoms with Gasteiger partial charge in [-0.25, -0.2) is 9.97 Å². The number of hydrogen-bond acceptors (Lipinski definition) is 5. The van der Waals surface area contributed by atoms with Crippen LogP contribution < -0.4 is 10.1 Å². The lowest BCUT2D eigenvalue weighted by atomic mass is 9.93. The number of carbonyl (C=O) groups excluding carboxylic acids is 1. The van der Waals surface area contributed by atoms with E-state index in [2.05, 4.69) is 15.3 Å². The molecule has 2 heterocycles. The third kappa shape index (κ3) is 4.57. The average Bonchev–Trinajstić information content (AvgIpc) is 3.22. The molecule has 5 nitrogen and oxygen atoms in total. The molecule has 4 rings (SSSR count). The molecule has 3 aromatic rings. The van der Waals surface area contributed by atoms with Crippen LogP contribution in [0.3, 0.4) is 0 Å². The predicted octanol–water partition coefficient (Wildman–Crippen LogP) is 4.63. The fourth-order valence-electron chi connectivity index (χ4n) is 3.37. The number of hydrogen-bond donors (Lipinski definition) is 1. The van der Waals surface area contributed by atoms with Crippen molar-refractivity contribution in [3.05, 3.63) is 65.3 Å². The first kappa shape index (κ1) is 18.6. The zero-order chi connectivity index (χ0) is 19.3. The summed E-state index contributed by atoms with van der Waals surface area (Å²) in [7, 11) is 0. The Hall–Kier alpha value is -2.73. The summed E-state index contributed by atoms with van der Waals surface area (Å²) in [5.41, 5.74) is 2.65. The standard InChI is InChI=1S/C22H23N3O2S/c1-15-7-12-20(23-13-15)27-18-10-8-17(9-11-18)24-21(26)19-14-28-22(25-19)16-5-3-2-4-6-16/h2-7,12-14,17-18H,8-11H2,1H3,(H,24,26). The van der Waals surface area contributed by atoms with Crippen molar-refractivity contribution in [2.45, 2.75) is 44.8 Å². The molecule has 1 aliphatic carbocycles. The number of nitrogens with zero attached hydrogens (tertiary/aromatic N) is 2. The summed E-state index contributed by atoms with van der Waals surface area (Å²) < 4.78 is 5.97. The molecule has 144 valence electrons. The number of amides is 1. The van der Waals surface area contributed by atoms with Crippen LogP contribution in [0.2, 0.25) is 0 Å². The van der Waals surface area contributed by atoms with Crippen molar-refractivity contribution in [2.75, 3.05) is 0 Å². The quantitative estimate of drug-likeness (QED) is 0.686. The van der Waals surface area contributed by atoms with E-state index in [4.69, 9.17) is 4.74 Å². The Morgan fingerprint density at radius 2 is 1.89 bits per heavy atom. The minimum Gasteiger partial charge on any atom is -0.474 e. The van der Waals surface area contributed by atoms with Gasteiger partial charge in [-0.2, -0.15) is 0 Å². The van der Waals surface area contributed by atoms with Crippen LogP contribution in [-0.2, 0) is 0 Å². The van der Waals surface area contributed by atoms with E-state index in [1.165, 1.54) is 11.3 Å². The maximum Gasteiger partial charge on any atom is 0.270 e. The number of aromatic nitrogens is 2. The third-order valence-corrected chi connectivity index (χ3v) is 5.83. The second kappa shape index (κ2) is 8.52. The maximum atomic E-state index is 12.6. The molecule has 0 atom stereocenters. The highest BCUT2D eigenvalue weighted by atomic mass is 32.1. The molecule has 0 saturated heterocycles. The van der Waals surface area contributed by atoms with Crippen molar-refractivity contribution in [1.82, 2.24) is 15.3 Å². The maximum absolute atomic E-state index is 12.6. The van der Waals surface area contributed by atoms with Crippen molar-refractivity contribution in [2.24, 2.45) is 0 Å². The number of nitrogens with one attached hydrogen (secondary N) is 1. The first-order valence-electron chi connectivity index (χ1n) is 9.58. The van der Waals surface area contributed by atoms with Crippen LogP contribution in [0.25, 0.3) is 10.6 Å². The van der Waals surface area contributed by atoms with Gasteiger partial charge in [-0.05, 0) is 38.2 Å². The van der Waals surface area contributed by atoms with Gasteiger partial charge in [0.05, 0.1) is 0 Å². The lowest BCUT2D eigenvalue weighted by Crippen LogP contribution is -2.39. The summed E-state index contributed by atoms with van der Waals surface area (Å²) in [6.45, 7) is 2.01. The molecule has 1 fully saturated rings. The van der Waals surface area contributed by atoms with Crippen LogP contribution >= 0.6 is 11.3 Å². The number of ether oxygens (including phenoxy) is 1. The van der Waals surface area contributed by atoms with Crippen LogP contribution in [0, 0.1) is 6.92 Å². The van der Waals surface area contributed by atoms with E-state index in [-0.39, 0.29) is 18.1 Å². The lowest BCUT2D eigenvalue weighted by molar-refractivity contribution is 0.0886. The Kier molecular flexibility index (Phi) is 5.67. The number of carbonyl (C=O) groups is 1. The molecule has 0 radical (unpaired) electrons. The second-order valence-corrected chi connectivity index (χ2v) is 8.00. The normalized spacial score (nSPS) is 19.2. The molecule has 6 heteroatoms. The zero-order valence-electron chi connectivity index (χ0n) is 15.8. The van der Waals surface area contributed by atoms with Crippen molar-refractivity contribution in [1.29, 1.82) is 0 Å². The average molecular weight is 394 g/mol. The molecule has 1 amide bonds.